The highest BCUT2D eigenvalue weighted by Gasteiger charge is 2.25. The second kappa shape index (κ2) is 5.18. The summed E-state index contributed by atoms with van der Waals surface area (Å²) < 4.78 is 0. The smallest absolute Gasteiger partial charge is 0.335 e. The first kappa shape index (κ1) is 12.6. The van der Waals surface area contributed by atoms with Crippen LogP contribution >= 0.6 is 0 Å². The number of carbonyl (C=O) groups excluding carboxylic acids is 1. The molecule has 0 radical (unpaired) electrons. The summed E-state index contributed by atoms with van der Waals surface area (Å²) in [7, 11) is 1.71. The Kier molecular flexibility index (Phi) is 3.62. The molecule has 1 aliphatic heterocycles. The summed E-state index contributed by atoms with van der Waals surface area (Å²) in [6.07, 6.45) is 1.87. The van der Waals surface area contributed by atoms with Gasteiger partial charge in [-0.2, -0.15) is 0 Å². The summed E-state index contributed by atoms with van der Waals surface area (Å²) in [6.45, 7) is 0.877. The van der Waals surface area contributed by atoms with Gasteiger partial charge in [-0.1, -0.05) is 0 Å². The van der Waals surface area contributed by atoms with Crippen LogP contribution in [0.25, 0.3) is 0 Å². The Bertz CT molecular complexity index is 450. The summed E-state index contributed by atoms with van der Waals surface area (Å²) >= 11 is 0. The molecule has 1 aliphatic rings. The minimum absolute atomic E-state index is 0.0237. The van der Waals surface area contributed by atoms with Gasteiger partial charge in [0.1, 0.15) is 0 Å². The lowest BCUT2D eigenvalue weighted by molar-refractivity contribution is -0.119. The summed E-state index contributed by atoms with van der Waals surface area (Å²) in [5.74, 6) is -0.941. The minimum atomic E-state index is -0.965. The predicted molar refractivity (Wildman–Crippen MR) is 67.8 cm³/mol. The number of nitrogens with one attached hydrogen (secondary N) is 1. The third-order valence-corrected chi connectivity index (χ3v) is 3.19. The number of carboxylic acids is 1. The molecule has 0 unspecified atom stereocenters. The molecule has 96 valence electrons. The highest BCUT2D eigenvalue weighted by Crippen LogP contribution is 2.17. The molecule has 0 aromatic heterocycles. The van der Waals surface area contributed by atoms with Crippen LogP contribution in [0.2, 0.25) is 0 Å². The molecule has 2 N–H and O–H groups in total. The number of hydrogen-bond acceptors (Lipinski definition) is 3. The Labute approximate surface area is 105 Å². The van der Waals surface area contributed by atoms with Crippen LogP contribution in [0.5, 0.6) is 0 Å². The van der Waals surface area contributed by atoms with Crippen LogP contribution in [-0.4, -0.2) is 36.6 Å². The third kappa shape index (κ3) is 2.51. The Morgan fingerprint density at radius 2 is 2.00 bits per heavy atom. The van der Waals surface area contributed by atoms with Gasteiger partial charge in [-0.05, 0) is 43.7 Å². The van der Waals surface area contributed by atoms with Gasteiger partial charge in [0.25, 0.3) is 0 Å². The van der Waals surface area contributed by atoms with E-state index in [4.69, 9.17) is 5.11 Å². The lowest BCUT2D eigenvalue weighted by Gasteiger charge is -2.21. The summed E-state index contributed by atoms with van der Waals surface area (Å²) in [4.78, 5) is 24.4. The van der Waals surface area contributed by atoms with Crippen molar-refractivity contribution in [1.29, 1.82) is 0 Å². The van der Waals surface area contributed by atoms with Crippen molar-refractivity contribution >= 4 is 17.6 Å². The molecule has 0 aliphatic carbocycles. The SMILES string of the molecule is CN(C(=O)[C@H]1CCCN1)c1ccc(C(=O)O)cc1. The van der Waals surface area contributed by atoms with E-state index in [0.29, 0.717) is 5.69 Å². The Hall–Kier alpha value is -1.88. The number of carboxylic acid groups (broad SMARTS) is 1. The van der Waals surface area contributed by atoms with Crippen molar-refractivity contribution in [3.8, 4) is 0 Å². The van der Waals surface area contributed by atoms with Gasteiger partial charge in [0.15, 0.2) is 0 Å². The van der Waals surface area contributed by atoms with Gasteiger partial charge < -0.3 is 15.3 Å². The van der Waals surface area contributed by atoms with Crippen molar-refractivity contribution in [2.24, 2.45) is 0 Å². The molecule has 0 spiro atoms. The number of nitrogens with zero attached hydrogens (tertiary/aromatic N) is 1. The van der Waals surface area contributed by atoms with Gasteiger partial charge in [0, 0.05) is 12.7 Å². The minimum Gasteiger partial charge on any atom is -0.478 e. The number of rotatable bonds is 3. The largest absolute Gasteiger partial charge is 0.478 e. The zero-order valence-electron chi connectivity index (χ0n) is 10.2. The number of benzene rings is 1. The van der Waals surface area contributed by atoms with E-state index in [1.807, 2.05) is 0 Å². The molecule has 1 heterocycles. The molecule has 1 saturated heterocycles. The molecule has 18 heavy (non-hydrogen) atoms. The van der Waals surface area contributed by atoms with Crippen molar-refractivity contribution in [2.75, 3.05) is 18.5 Å². The van der Waals surface area contributed by atoms with Gasteiger partial charge in [0.05, 0.1) is 11.6 Å². The quantitative estimate of drug-likeness (QED) is 0.840. The third-order valence-electron chi connectivity index (χ3n) is 3.19. The van der Waals surface area contributed by atoms with E-state index in [2.05, 4.69) is 5.32 Å². The predicted octanol–water partition coefficient (Wildman–Crippen LogP) is 1.10. The van der Waals surface area contributed by atoms with Crippen molar-refractivity contribution < 1.29 is 14.7 Å². The number of aromatic carboxylic acids is 1. The lowest BCUT2D eigenvalue weighted by Crippen LogP contribution is -2.41. The number of carbonyl (C=O) groups is 2. The molecule has 5 heteroatoms. The Balaban J connectivity index is 2.10. The van der Waals surface area contributed by atoms with Crippen LogP contribution in [0.1, 0.15) is 23.2 Å². The van der Waals surface area contributed by atoms with Gasteiger partial charge >= 0.3 is 5.97 Å². The highest BCUT2D eigenvalue weighted by molar-refractivity contribution is 5.97. The van der Waals surface area contributed by atoms with Gasteiger partial charge in [-0.3, -0.25) is 4.79 Å². The zero-order valence-corrected chi connectivity index (χ0v) is 10.2. The highest BCUT2D eigenvalue weighted by atomic mass is 16.4. The van der Waals surface area contributed by atoms with E-state index in [-0.39, 0.29) is 17.5 Å². The van der Waals surface area contributed by atoms with Gasteiger partial charge in [0.2, 0.25) is 5.91 Å². The van der Waals surface area contributed by atoms with Crippen LogP contribution in [0, 0.1) is 0 Å². The first-order valence-corrected chi connectivity index (χ1v) is 5.94. The van der Waals surface area contributed by atoms with Crippen LogP contribution in [0.3, 0.4) is 0 Å². The summed E-state index contributed by atoms with van der Waals surface area (Å²) in [5.41, 5.74) is 0.928. The maximum absolute atomic E-state index is 12.1. The molecule has 0 saturated carbocycles. The molecule has 1 amide bonds. The number of anilines is 1. The van der Waals surface area contributed by atoms with Gasteiger partial charge in [-0.25, -0.2) is 4.79 Å². The van der Waals surface area contributed by atoms with Crippen molar-refractivity contribution in [3.05, 3.63) is 29.8 Å². The van der Waals surface area contributed by atoms with E-state index >= 15 is 0 Å². The summed E-state index contributed by atoms with van der Waals surface area (Å²) in [5, 5.41) is 12.0. The van der Waals surface area contributed by atoms with E-state index in [0.717, 1.165) is 19.4 Å². The molecule has 1 aromatic carbocycles. The topological polar surface area (TPSA) is 69.6 Å². The molecule has 2 rings (SSSR count). The lowest BCUT2D eigenvalue weighted by atomic mass is 10.1. The van der Waals surface area contributed by atoms with E-state index in [1.54, 1.807) is 24.1 Å². The normalized spacial score (nSPS) is 18.6. The fourth-order valence-electron chi connectivity index (χ4n) is 2.08. The fraction of sp³-hybridized carbons (Fsp3) is 0.385. The van der Waals surface area contributed by atoms with Gasteiger partial charge in [-0.15, -0.1) is 0 Å². The van der Waals surface area contributed by atoms with Crippen LogP contribution in [0.15, 0.2) is 24.3 Å². The maximum Gasteiger partial charge on any atom is 0.335 e. The molecule has 1 fully saturated rings. The van der Waals surface area contributed by atoms with Crippen LogP contribution in [0.4, 0.5) is 5.69 Å². The number of likely N-dealkylation sites (N-methyl/N-ethyl adjacent to an activating group) is 1. The monoisotopic (exact) mass is 248 g/mol. The van der Waals surface area contributed by atoms with E-state index in [1.165, 1.54) is 12.1 Å². The Morgan fingerprint density at radius 3 is 2.50 bits per heavy atom. The molecular formula is C13H16N2O3. The van der Waals surface area contributed by atoms with Crippen LogP contribution < -0.4 is 10.2 Å². The number of amides is 1. The van der Waals surface area contributed by atoms with Crippen molar-refractivity contribution in [1.82, 2.24) is 5.32 Å². The van der Waals surface area contributed by atoms with E-state index in [9.17, 15) is 9.59 Å². The van der Waals surface area contributed by atoms with Crippen molar-refractivity contribution in [2.45, 2.75) is 18.9 Å². The molecular weight excluding hydrogens is 232 g/mol. The molecule has 1 atom stereocenters. The second-order valence-corrected chi connectivity index (χ2v) is 4.40. The Morgan fingerprint density at radius 1 is 1.33 bits per heavy atom. The first-order chi connectivity index (χ1) is 8.59. The fourth-order valence-corrected chi connectivity index (χ4v) is 2.08. The zero-order chi connectivity index (χ0) is 13.1. The average molecular weight is 248 g/mol. The average Bonchev–Trinajstić information content (AvgIpc) is 2.91. The summed E-state index contributed by atoms with van der Waals surface area (Å²) in [6, 6.07) is 6.19. The molecule has 5 nitrogen and oxygen atoms in total. The second-order valence-electron chi connectivity index (χ2n) is 4.40. The van der Waals surface area contributed by atoms with Crippen LogP contribution in [-0.2, 0) is 4.79 Å². The molecule has 1 aromatic rings. The standard InChI is InChI=1S/C13H16N2O3/c1-15(12(16)11-3-2-8-14-11)10-6-4-9(5-7-10)13(17)18/h4-7,11,14H,2-3,8H2,1H3,(H,17,18)/t11-/m1/s1. The van der Waals surface area contributed by atoms with Crippen molar-refractivity contribution in [3.63, 3.8) is 0 Å². The molecule has 0 bridgehead atoms. The van der Waals surface area contributed by atoms with E-state index < -0.39 is 5.97 Å². The number of hydrogen-bond donors (Lipinski definition) is 2. The maximum atomic E-state index is 12.1. The first-order valence-electron chi connectivity index (χ1n) is 5.94.